The van der Waals surface area contributed by atoms with Crippen molar-refractivity contribution in [2.75, 3.05) is 19.6 Å². The molecule has 98 valence electrons. The minimum atomic E-state index is -0.317. The van der Waals surface area contributed by atoms with E-state index in [9.17, 15) is 14.4 Å². The van der Waals surface area contributed by atoms with Gasteiger partial charge in [-0.3, -0.25) is 14.5 Å². The quantitative estimate of drug-likeness (QED) is 0.699. The second-order valence-electron chi connectivity index (χ2n) is 5.28. The first kappa shape index (κ1) is 11.5. The van der Waals surface area contributed by atoms with E-state index in [1.165, 1.54) is 4.90 Å². The van der Waals surface area contributed by atoms with Crippen LogP contribution >= 0.6 is 0 Å². The second kappa shape index (κ2) is 4.26. The van der Waals surface area contributed by atoms with Gasteiger partial charge in [-0.2, -0.15) is 0 Å². The third kappa shape index (κ3) is 1.76. The molecule has 2 heterocycles. The highest BCUT2D eigenvalue weighted by Gasteiger charge is 2.41. The lowest BCUT2D eigenvalue weighted by atomic mass is 9.84. The average molecular weight is 251 g/mol. The van der Waals surface area contributed by atoms with Gasteiger partial charge >= 0.3 is 6.03 Å². The number of nitrogens with one attached hydrogen (secondary N) is 1. The number of imide groups is 1. The molecule has 1 atom stereocenters. The highest BCUT2D eigenvalue weighted by Crippen LogP contribution is 2.30. The van der Waals surface area contributed by atoms with Gasteiger partial charge in [0.2, 0.25) is 11.8 Å². The van der Waals surface area contributed by atoms with Gasteiger partial charge < -0.3 is 10.2 Å². The third-order valence-corrected chi connectivity index (χ3v) is 4.17. The molecule has 6 heteroatoms. The fraction of sp³-hybridized carbons (Fsp3) is 0.750. The summed E-state index contributed by atoms with van der Waals surface area (Å²) in [6.45, 7) is 1.26. The Hall–Kier alpha value is -1.59. The Bertz CT molecular complexity index is 389. The van der Waals surface area contributed by atoms with Crippen molar-refractivity contribution in [2.45, 2.75) is 31.7 Å². The number of carbonyl (C=O) groups is 3. The fourth-order valence-corrected chi connectivity index (χ4v) is 2.87. The first-order valence-corrected chi connectivity index (χ1v) is 6.55. The molecule has 0 aromatic heterocycles. The lowest BCUT2D eigenvalue weighted by Crippen LogP contribution is -2.44. The summed E-state index contributed by atoms with van der Waals surface area (Å²) >= 11 is 0. The van der Waals surface area contributed by atoms with E-state index in [-0.39, 0.29) is 36.3 Å². The van der Waals surface area contributed by atoms with E-state index in [0.29, 0.717) is 19.5 Å². The molecule has 3 aliphatic rings. The third-order valence-electron chi connectivity index (χ3n) is 4.17. The summed E-state index contributed by atoms with van der Waals surface area (Å²) in [5.41, 5.74) is 0. The van der Waals surface area contributed by atoms with E-state index in [2.05, 4.69) is 5.32 Å². The minimum absolute atomic E-state index is 0.0892. The second-order valence-corrected chi connectivity index (χ2v) is 5.28. The minimum Gasteiger partial charge on any atom is -0.340 e. The molecule has 3 rings (SSSR count). The maximum atomic E-state index is 12.1. The molecule has 6 nitrogen and oxygen atoms in total. The number of rotatable bonds is 2. The van der Waals surface area contributed by atoms with Crippen LogP contribution in [-0.2, 0) is 9.59 Å². The summed E-state index contributed by atoms with van der Waals surface area (Å²) in [5.74, 6) is 0.214. The van der Waals surface area contributed by atoms with Crippen molar-refractivity contribution in [3.8, 4) is 0 Å². The molecule has 0 unspecified atom stereocenters. The van der Waals surface area contributed by atoms with E-state index in [0.717, 1.165) is 19.3 Å². The molecule has 2 saturated heterocycles. The summed E-state index contributed by atoms with van der Waals surface area (Å²) < 4.78 is 0. The number of nitrogens with zero attached hydrogens (tertiary/aromatic N) is 2. The molecule has 1 aliphatic carbocycles. The Morgan fingerprint density at radius 2 is 2.00 bits per heavy atom. The van der Waals surface area contributed by atoms with Crippen LogP contribution in [-0.4, -0.2) is 53.3 Å². The van der Waals surface area contributed by atoms with Gasteiger partial charge in [-0.15, -0.1) is 0 Å². The zero-order chi connectivity index (χ0) is 12.7. The van der Waals surface area contributed by atoms with Crippen LogP contribution in [0.4, 0.5) is 4.79 Å². The Morgan fingerprint density at radius 3 is 2.56 bits per heavy atom. The number of amides is 4. The van der Waals surface area contributed by atoms with Crippen LogP contribution in [0.1, 0.15) is 25.7 Å². The summed E-state index contributed by atoms with van der Waals surface area (Å²) in [5, 5.41) is 2.52. The van der Waals surface area contributed by atoms with Gasteiger partial charge in [-0.25, -0.2) is 4.79 Å². The number of hydrogen-bond acceptors (Lipinski definition) is 3. The molecule has 2 aliphatic heterocycles. The Morgan fingerprint density at radius 1 is 1.22 bits per heavy atom. The van der Waals surface area contributed by atoms with E-state index in [1.807, 2.05) is 4.90 Å². The van der Waals surface area contributed by atoms with Crippen molar-refractivity contribution >= 4 is 17.8 Å². The zero-order valence-electron chi connectivity index (χ0n) is 10.2. The van der Waals surface area contributed by atoms with Crippen LogP contribution in [0, 0.1) is 5.92 Å². The van der Waals surface area contributed by atoms with Crippen LogP contribution < -0.4 is 5.32 Å². The Kier molecular flexibility index (Phi) is 2.72. The number of carbonyl (C=O) groups excluding carboxylic acids is 3. The normalized spacial score (nSPS) is 28.6. The summed E-state index contributed by atoms with van der Waals surface area (Å²) in [7, 11) is 0. The van der Waals surface area contributed by atoms with Crippen LogP contribution in [0.15, 0.2) is 0 Å². The van der Waals surface area contributed by atoms with Crippen molar-refractivity contribution in [3.05, 3.63) is 0 Å². The van der Waals surface area contributed by atoms with E-state index < -0.39 is 0 Å². The van der Waals surface area contributed by atoms with E-state index >= 15 is 0 Å². The molecule has 3 fully saturated rings. The fourth-order valence-electron chi connectivity index (χ4n) is 2.87. The molecule has 0 radical (unpaired) electrons. The summed E-state index contributed by atoms with van der Waals surface area (Å²) in [4.78, 5) is 38.3. The molecule has 0 aromatic carbocycles. The predicted octanol–water partition coefficient (Wildman–Crippen LogP) is -0.0608. The number of likely N-dealkylation sites (tertiary alicyclic amines) is 1. The standard InChI is InChI=1S/C12H17N3O3/c16-10-6-13-12(18)15(10)9-4-5-14(7-9)11(17)8-2-1-3-8/h8-9H,1-7H2,(H,13,18)/t9-/m0/s1. The highest BCUT2D eigenvalue weighted by atomic mass is 16.2. The van der Waals surface area contributed by atoms with Gasteiger partial charge in [0.05, 0.1) is 12.6 Å². The van der Waals surface area contributed by atoms with Gasteiger partial charge in [0.25, 0.3) is 0 Å². The van der Waals surface area contributed by atoms with Crippen molar-refractivity contribution < 1.29 is 14.4 Å². The van der Waals surface area contributed by atoms with E-state index in [4.69, 9.17) is 0 Å². The van der Waals surface area contributed by atoms with Crippen molar-refractivity contribution in [1.29, 1.82) is 0 Å². The molecule has 1 N–H and O–H groups in total. The molecular formula is C12H17N3O3. The summed E-state index contributed by atoms with van der Waals surface area (Å²) in [6, 6.07) is -0.452. The van der Waals surface area contributed by atoms with Gasteiger partial charge in [0, 0.05) is 19.0 Å². The van der Waals surface area contributed by atoms with Crippen molar-refractivity contribution in [1.82, 2.24) is 15.1 Å². The maximum Gasteiger partial charge on any atom is 0.324 e. The van der Waals surface area contributed by atoms with Crippen LogP contribution in [0.2, 0.25) is 0 Å². The number of hydrogen-bond donors (Lipinski definition) is 1. The van der Waals surface area contributed by atoms with Crippen LogP contribution in [0.5, 0.6) is 0 Å². The van der Waals surface area contributed by atoms with E-state index in [1.54, 1.807) is 0 Å². The van der Waals surface area contributed by atoms with Gasteiger partial charge in [-0.1, -0.05) is 6.42 Å². The lowest BCUT2D eigenvalue weighted by molar-refractivity contribution is -0.137. The van der Waals surface area contributed by atoms with Crippen LogP contribution in [0.3, 0.4) is 0 Å². The van der Waals surface area contributed by atoms with Gasteiger partial charge in [0.15, 0.2) is 0 Å². The van der Waals surface area contributed by atoms with Crippen molar-refractivity contribution in [3.63, 3.8) is 0 Å². The van der Waals surface area contributed by atoms with Gasteiger partial charge in [0.1, 0.15) is 0 Å². The molecule has 18 heavy (non-hydrogen) atoms. The zero-order valence-corrected chi connectivity index (χ0v) is 10.2. The maximum absolute atomic E-state index is 12.1. The molecule has 0 spiro atoms. The highest BCUT2D eigenvalue weighted by molar-refractivity contribution is 6.02. The topological polar surface area (TPSA) is 69.7 Å². The average Bonchev–Trinajstić information content (AvgIpc) is 2.83. The van der Waals surface area contributed by atoms with Crippen molar-refractivity contribution in [2.24, 2.45) is 5.92 Å². The largest absolute Gasteiger partial charge is 0.340 e. The first-order chi connectivity index (χ1) is 8.66. The lowest BCUT2D eigenvalue weighted by Gasteiger charge is -2.29. The van der Waals surface area contributed by atoms with Gasteiger partial charge in [-0.05, 0) is 19.3 Å². The molecule has 0 aromatic rings. The smallest absolute Gasteiger partial charge is 0.324 e. The molecule has 1 saturated carbocycles. The Balaban J connectivity index is 1.62. The molecule has 4 amide bonds. The molecular weight excluding hydrogens is 234 g/mol. The summed E-state index contributed by atoms with van der Waals surface area (Å²) in [6.07, 6.45) is 3.82. The van der Waals surface area contributed by atoms with Crippen LogP contribution in [0.25, 0.3) is 0 Å². The SMILES string of the molecule is O=C(C1CCC1)N1CC[C@H](N2C(=O)CNC2=O)C1. The predicted molar refractivity (Wildman–Crippen MR) is 62.6 cm³/mol. The molecule has 0 bridgehead atoms. The number of urea groups is 1. The first-order valence-electron chi connectivity index (χ1n) is 6.55. The Labute approximate surface area is 105 Å². The monoisotopic (exact) mass is 251 g/mol.